The van der Waals surface area contributed by atoms with Crippen LogP contribution in [0.2, 0.25) is 0 Å². The van der Waals surface area contributed by atoms with Gasteiger partial charge in [0.2, 0.25) is 0 Å². The standard InChI is InChI=1S/C11H13BrFN/c12-9-2-1-8(10(13)7-9)3-4-11(14)5-6-11/h1-2,7H,3-6,14H2. The number of hydrogen-bond donors (Lipinski definition) is 1. The van der Waals surface area contributed by atoms with Crippen molar-refractivity contribution in [1.82, 2.24) is 0 Å². The van der Waals surface area contributed by atoms with Crippen LogP contribution in [0.15, 0.2) is 22.7 Å². The van der Waals surface area contributed by atoms with E-state index in [1.54, 1.807) is 0 Å². The van der Waals surface area contributed by atoms with Gasteiger partial charge in [0.15, 0.2) is 0 Å². The van der Waals surface area contributed by atoms with E-state index in [2.05, 4.69) is 15.9 Å². The highest BCUT2D eigenvalue weighted by molar-refractivity contribution is 9.10. The summed E-state index contributed by atoms with van der Waals surface area (Å²) in [6.07, 6.45) is 3.82. The Labute approximate surface area is 91.6 Å². The summed E-state index contributed by atoms with van der Waals surface area (Å²) in [6, 6.07) is 5.20. The van der Waals surface area contributed by atoms with E-state index in [1.165, 1.54) is 6.07 Å². The Bertz CT molecular complexity index is 347. The molecule has 2 N–H and O–H groups in total. The number of nitrogens with two attached hydrogens (primary N) is 1. The van der Waals surface area contributed by atoms with Gasteiger partial charge in [-0.05, 0) is 43.4 Å². The Kier molecular flexibility index (Phi) is 2.62. The van der Waals surface area contributed by atoms with Crippen LogP contribution >= 0.6 is 15.9 Å². The Balaban J connectivity index is 2.02. The van der Waals surface area contributed by atoms with Crippen molar-refractivity contribution in [3.05, 3.63) is 34.1 Å². The van der Waals surface area contributed by atoms with Crippen LogP contribution in [0.3, 0.4) is 0 Å². The lowest BCUT2D eigenvalue weighted by molar-refractivity contribution is 0.570. The van der Waals surface area contributed by atoms with Crippen molar-refractivity contribution in [2.24, 2.45) is 5.73 Å². The van der Waals surface area contributed by atoms with Crippen molar-refractivity contribution in [2.45, 2.75) is 31.2 Å². The van der Waals surface area contributed by atoms with Crippen molar-refractivity contribution < 1.29 is 4.39 Å². The first-order valence-electron chi connectivity index (χ1n) is 4.82. The molecule has 0 radical (unpaired) electrons. The molecule has 14 heavy (non-hydrogen) atoms. The molecule has 0 saturated heterocycles. The molecule has 1 aromatic carbocycles. The lowest BCUT2D eigenvalue weighted by Crippen LogP contribution is -2.22. The van der Waals surface area contributed by atoms with Gasteiger partial charge in [-0.25, -0.2) is 4.39 Å². The minimum absolute atomic E-state index is 0.0134. The summed E-state index contributed by atoms with van der Waals surface area (Å²) in [4.78, 5) is 0. The molecule has 1 aliphatic rings. The van der Waals surface area contributed by atoms with E-state index in [0.29, 0.717) is 0 Å². The molecule has 0 aliphatic heterocycles. The fourth-order valence-corrected chi connectivity index (χ4v) is 1.85. The summed E-state index contributed by atoms with van der Waals surface area (Å²) >= 11 is 3.23. The maximum absolute atomic E-state index is 13.4. The van der Waals surface area contributed by atoms with Gasteiger partial charge >= 0.3 is 0 Å². The fourth-order valence-electron chi connectivity index (χ4n) is 1.52. The number of rotatable bonds is 3. The van der Waals surface area contributed by atoms with Gasteiger partial charge in [0.05, 0.1) is 0 Å². The Morgan fingerprint density at radius 3 is 2.71 bits per heavy atom. The van der Waals surface area contributed by atoms with Gasteiger partial charge in [0.1, 0.15) is 5.82 Å². The molecule has 1 aromatic rings. The second-order valence-corrected chi connectivity index (χ2v) is 5.01. The highest BCUT2D eigenvalue weighted by Crippen LogP contribution is 2.36. The minimum Gasteiger partial charge on any atom is -0.325 e. The zero-order valence-electron chi connectivity index (χ0n) is 7.89. The van der Waals surface area contributed by atoms with Crippen LogP contribution in [0, 0.1) is 5.82 Å². The average molecular weight is 258 g/mol. The molecule has 2 rings (SSSR count). The molecule has 3 heteroatoms. The van der Waals surface area contributed by atoms with Crippen molar-refractivity contribution in [2.75, 3.05) is 0 Å². The summed E-state index contributed by atoms with van der Waals surface area (Å²) < 4.78 is 14.2. The van der Waals surface area contributed by atoms with E-state index >= 15 is 0 Å². The number of hydrogen-bond acceptors (Lipinski definition) is 1. The third kappa shape index (κ3) is 2.34. The third-order valence-corrected chi connectivity index (χ3v) is 3.29. The topological polar surface area (TPSA) is 26.0 Å². The summed E-state index contributed by atoms with van der Waals surface area (Å²) in [5.74, 6) is -0.136. The van der Waals surface area contributed by atoms with E-state index in [0.717, 1.165) is 35.7 Å². The first-order chi connectivity index (χ1) is 6.59. The van der Waals surface area contributed by atoms with E-state index in [-0.39, 0.29) is 11.4 Å². The first kappa shape index (κ1) is 10.1. The van der Waals surface area contributed by atoms with Crippen LogP contribution in [-0.2, 0) is 6.42 Å². The monoisotopic (exact) mass is 257 g/mol. The fraction of sp³-hybridized carbons (Fsp3) is 0.455. The highest BCUT2D eigenvalue weighted by Gasteiger charge is 2.37. The largest absolute Gasteiger partial charge is 0.325 e. The zero-order chi connectivity index (χ0) is 10.2. The third-order valence-electron chi connectivity index (χ3n) is 2.80. The maximum Gasteiger partial charge on any atom is 0.127 e. The second kappa shape index (κ2) is 3.63. The smallest absolute Gasteiger partial charge is 0.127 e. The molecule has 0 bridgehead atoms. The Morgan fingerprint density at radius 2 is 2.14 bits per heavy atom. The molecule has 1 nitrogen and oxygen atoms in total. The van der Waals surface area contributed by atoms with E-state index in [1.807, 2.05) is 12.1 Å². The SMILES string of the molecule is NC1(CCc2ccc(Br)cc2F)CC1. The predicted octanol–water partition coefficient (Wildman–Crippen LogP) is 3.01. The Morgan fingerprint density at radius 1 is 1.43 bits per heavy atom. The van der Waals surface area contributed by atoms with Gasteiger partial charge in [0.25, 0.3) is 0 Å². The molecular formula is C11H13BrFN. The molecule has 1 saturated carbocycles. The molecule has 0 heterocycles. The predicted molar refractivity (Wildman–Crippen MR) is 58.6 cm³/mol. The minimum atomic E-state index is -0.136. The van der Waals surface area contributed by atoms with E-state index < -0.39 is 0 Å². The van der Waals surface area contributed by atoms with Crippen molar-refractivity contribution in [1.29, 1.82) is 0 Å². The van der Waals surface area contributed by atoms with Crippen LogP contribution in [-0.4, -0.2) is 5.54 Å². The van der Waals surface area contributed by atoms with E-state index in [9.17, 15) is 4.39 Å². The van der Waals surface area contributed by atoms with Crippen LogP contribution in [0.1, 0.15) is 24.8 Å². The van der Waals surface area contributed by atoms with Crippen LogP contribution in [0.4, 0.5) is 4.39 Å². The van der Waals surface area contributed by atoms with Crippen LogP contribution in [0.5, 0.6) is 0 Å². The molecule has 0 aromatic heterocycles. The zero-order valence-corrected chi connectivity index (χ0v) is 9.48. The summed E-state index contributed by atoms with van der Waals surface area (Å²) in [5.41, 5.74) is 6.72. The molecule has 76 valence electrons. The molecule has 1 aliphatic carbocycles. The van der Waals surface area contributed by atoms with Gasteiger partial charge in [-0.15, -0.1) is 0 Å². The number of halogens is 2. The number of aryl methyl sites for hydroxylation is 1. The summed E-state index contributed by atoms with van der Waals surface area (Å²) in [6.45, 7) is 0. The van der Waals surface area contributed by atoms with Crippen LogP contribution < -0.4 is 5.73 Å². The molecule has 1 fully saturated rings. The first-order valence-corrected chi connectivity index (χ1v) is 5.61. The highest BCUT2D eigenvalue weighted by atomic mass is 79.9. The number of benzene rings is 1. The molecule has 0 spiro atoms. The molecule has 0 atom stereocenters. The van der Waals surface area contributed by atoms with Gasteiger partial charge < -0.3 is 5.73 Å². The van der Waals surface area contributed by atoms with Gasteiger partial charge in [-0.2, -0.15) is 0 Å². The Hall–Kier alpha value is -0.410. The molecular weight excluding hydrogens is 245 g/mol. The van der Waals surface area contributed by atoms with E-state index in [4.69, 9.17) is 5.73 Å². The quantitative estimate of drug-likeness (QED) is 0.886. The lowest BCUT2D eigenvalue weighted by atomic mass is 10.0. The van der Waals surface area contributed by atoms with Crippen molar-refractivity contribution in [3.8, 4) is 0 Å². The lowest BCUT2D eigenvalue weighted by Gasteiger charge is -2.08. The second-order valence-electron chi connectivity index (χ2n) is 4.10. The van der Waals surface area contributed by atoms with Gasteiger partial charge in [0, 0.05) is 10.0 Å². The average Bonchev–Trinajstić information content (AvgIpc) is 2.83. The molecule has 0 unspecified atom stereocenters. The normalized spacial score (nSPS) is 18.2. The van der Waals surface area contributed by atoms with Crippen molar-refractivity contribution >= 4 is 15.9 Å². The maximum atomic E-state index is 13.4. The van der Waals surface area contributed by atoms with Gasteiger partial charge in [-0.3, -0.25) is 0 Å². The van der Waals surface area contributed by atoms with Crippen molar-refractivity contribution in [3.63, 3.8) is 0 Å². The van der Waals surface area contributed by atoms with Gasteiger partial charge in [-0.1, -0.05) is 22.0 Å². The summed E-state index contributed by atoms with van der Waals surface area (Å²) in [7, 11) is 0. The molecule has 0 amide bonds. The summed E-state index contributed by atoms with van der Waals surface area (Å²) in [5, 5.41) is 0. The van der Waals surface area contributed by atoms with Crippen LogP contribution in [0.25, 0.3) is 0 Å².